The van der Waals surface area contributed by atoms with E-state index in [1.807, 2.05) is 0 Å². The summed E-state index contributed by atoms with van der Waals surface area (Å²) in [5.74, 6) is -0.123. The molecule has 0 aromatic heterocycles. The molecule has 1 nitrogen and oxygen atoms in total. The number of benzene rings is 1. The molecular weight excluding hydrogens is 143 g/mol. The Balaban J connectivity index is 2.99. The van der Waals surface area contributed by atoms with E-state index < -0.39 is 0 Å². The van der Waals surface area contributed by atoms with Gasteiger partial charge in [-0.2, -0.15) is 0 Å². The van der Waals surface area contributed by atoms with Crippen LogP contribution in [-0.2, 0) is 0 Å². The molecule has 0 atom stereocenters. The van der Waals surface area contributed by atoms with Crippen LogP contribution in [0.3, 0.4) is 0 Å². The van der Waals surface area contributed by atoms with E-state index in [0.29, 0.717) is 5.56 Å². The van der Waals surface area contributed by atoms with E-state index in [-0.39, 0.29) is 11.6 Å². The standard InChI is InChI=1S/C9H9FO/c1-2-9(11)7-3-5-8(10)6-4-7/h2-6,11H,1H3/b9-2-. The van der Waals surface area contributed by atoms with Crippen molar-refractivity contribution in [2.45, 2.75) is 6.92 Å². The van der Waals surface area contributed by atoms with E-state index in [1.165, 1.54) is 24.3 Å². The Morgan fingerprint density at radius 3 is 2.36 bits per heavy atom. The second-order valence-electron chi connectivity index (χ2n) is 2.18. The summed E-state index contributed by atoms with van der Waals surface area (Å²) in [7, 11) is 0. The maximum absolute atomic E-state index is 12.4. The van der Waals surface area contributed by atoms with Crippen molar-refractivity contribution < 1.29 is 9.50 Å². The third kappa shape index (κ3) is 1.80. The van der Waals surface area contributed by atoms with Gasteiger partial charge in [0.15, 0.2) is 0 Å². The highest BCUT2D eigenvalue weighted by Crippen LogP contribution is 2.10. The Morgan fingerprint density at radius 1 is 1.36 bits per heavy atom. The molecule has 0 aliphatic heterocycles. The maximum atomic E-state index is 12.4. The molecule has 0 spiro atoms. The Kier molecular flexibility index (Phi) is 2.26. The molecule has 1 aromatic carbocycles. The van der Waals surface area contributed by atoms with Crippen LogP contribution in [-0.4, -0.2) is 5.11 Å². The summed E-state index contributed by atoms with van der Waals surface area (Å²) >= 11 is 0. The summed E-state index contributed by atoms with van der Waals surface area (Å²) in [6.07, 6.45) is 1.56. The van der Waals surface area contributed by atoms with Crippen molar-refractivity contribution in [2.24, 2.45) is 0 Å². The summed E-state index contributed by atoms with van der Waals surface area (Å²) in [5.41, 5.74) is 0.633. The van der Waals surface area contributed by atoms with Crippen molar-refractivity contribution >= 4 is 5.76 Å². The van der Waals surface area contributed by atoms with Crippen LogP contribution in [0.2, 0.25) is 0 Å². The fraction of sp³-hybridized carbons (Fsp3) is 0.111. The summed E-state index contributed by atoms with van der Waals surface area (Å²) in [5, 5.41) is 9.16. The SMILES string of the molecule is C/C=C(\O)c1ccc(F)cc1. The quantitative estimate of drug-likeness (QED) is 0.613. The number of aliphatic hydroxyl groups is 1. The zero-order valence-electron chi connectivity index (χ0n) is 6.21. The van der Waals surface area contributed by atoms with Gasteiger partial charge in [-0.1, -0.05) is 0 Å². The van der Waals surface area contributed by atoms with Crippen molar-refractivity contribution in [1.82, 2.24) is 0 Å². The fourth-order valence-electron chi connectivity index (χ4n) is 0.787. The molecule has 0 bridgehead atoms. The van der Waals surface area contributed by atoms with Gasteiger partial charge in [0.25, 0.3) is 0 Å². The van der Waals surface area contributed by atoms with Crippen molar-refractivity contribution in [1.29, 1.82) is 0 Å². The van der Waals surface area contributed by atoms with Crippen molar-refractivity contribution in [2.75, 3.05) is 0 Å². The average molecular weight is 152 g/mol. The molecule has 0 aliphatic rings. The first-order chi connectivity index (χ1) is 5.24. The van der Waals surface area contributed by atoms with Gasteiger partial charge >= 0.3 is 0 Å². The van der Waals surface area contributed by atoms with Crippen LogP contribution in [0.15, 0.2) is 30.3 Å². The molecule has 0 heterocycles. The van der Waals surface area contributed by atoms with Crippen molar-refractivity contribution in [3.63, 3.8) is 0 Å². The van der Waals surface area contributed by atoms with Crippen LogP contribution in [0.4, 0.5) is 4.39 Å². The van der Waals surface area contributed by atoms with Crippen molar-refractivity contribution in [3.8, 4) is 0 Å². The molecule has 1 aromatic rings. The smallest absolute Gasteiger partial charge is 0.123 e. The first kappa shape index (κ1) is 7.79. The van der Waals surface area contributed by atoms with Gasteiger partial charge in [-0.05, 0) is 37.3 Å². The van der Waals surface area contributed by atoms with E-state index in [4.69, 9.17) is 5.11 Å². The average Bonchev–Trinajstić information content (AvgIpc) is 2.05. The molecular formula is C9H9FO. The predicted molar refractivity (Wildman–Crippen MR) is 42.7 cm³/mol. The highest BCUT2D eigenvalue weighted by Gasteiger charge is 1.95. The van der Waals surface area contributed by atoms with Gasteiger partial charge in [-0.25, -0.2) is 4.39 Å². The van der Waals surface area contributed by atoms with E-state index in [1.54, 1.807) is 13.0 Å². The molecule has 0 fully saturated rings. The number of rotatable bonds is 1. The number of hydrogen-bond acceptors (Lipinski definition) is 1. The molecule has 0 saturated carbocycles. The topological polar surface area (TPSA) is 20.2 Å². The van der Waals surface area contributed by atoms with E-state index >= 15 is 0 Å². The zero-order chi connectivity index (χ0) is 8.27. The minimum atomic E-state index is -0.294. The van der Waals surface area contributed by atoms with Gasteiger partial charge in [0.1, 0.15) is 11.6 Å². The Labute approximate surface area is 64.8 Å². The summed E-state index contributed by atoms with van der Waals surface area (Å²) in [4.78, 5) is 0. The number of allylic oxidation sites excluding steroid dienone is 1. The number of hydrogen-bond donors (Lipinski definition) is 1. The molecule has 0 amide bonds. The van der Waals surface area contributed by atoms with Crippen LogP contribution in [0.5, 0.6) is 0 Å². The molecule has 0 aliphatic carbocycles. The minimum absolute atomic E-state index is 0.171. The van der Waals surface area contributed by atoms with Gasteiger partial charge in [0.05, 0.1) is 0 Å². The molecule has 0 radical (unpaired) electrons. The Hall–Kier alpha value is -1.31. The molecule has 11 heavy (non-hydrogen) atoms. The third-order valence-electron chi connectivity index (χ3n) is 1.41. The lowest BCUT2D eigenvalue weighted by Gasteiger charge is -1.97. The number of aliphatic hydroxyl groups excluding tert-OH is 1. The van der Waals surface area contributed by atoms with E-state index in [2.05, 4.69) is 0 Å². The summed E-state index contributed by atoms with van der Waals surface area (Å²) < 4.78 is 12.4. The maximum Gasteiger partial charge on any atom is 0.123 e. The van der Waals surface area contributed by atoms with E-state index in [0.717, 1.165) is 0 Å². The molecule has 0 saturated heterocycles. The fourth-order valence-corrected chi connectivity index (χ4v) is 0.787. The first-order valence-electron chi connectivity index (χ1n) is 3.35. The Bertz CT molecular complexity index is 261. The molecule has 58 valence electrons. The monoisotopic (exact) mass is 152 g/mol. The molecule has 1 N–H and O–H groups in total. The summed E-state index contributed by atoms with van der Waals surface area (Å²) in [6.45, 7) is 1.72. The van der Waals surface area contributed by atoms with Crippen LogP contribution in [0.25, 0.3) is 5.76 Å². The van der Waals surface area contributed by atoms with Gasteiger partial charge in [0.2, 0.25) is 0 Å². The lowest BCUT2D eigenvalue weighted by Crippen LogP contribution is -1.81. The molecule has 1 rings (SSSR count). The van der Waals surface area contributed by atoms with E-state index in [9.17, 15) is 4.39 Å². The van der Waals surface area contributed by atoms with Gasteiger partial charge < -0.3 is 5.11 Å². The normalized spacial score (nSPS) is 11.6. The van der Waals surface area contributed by atoms with Gasteiger partial charge in [-0.3, -0.25) is 0 Å². The second kappa shape index (κ2) is 3.19. The lowest BCUT2D eigenvalue weighted by atomic mass is 10.2. The highest BCUT2D eigenvalue weighted by atomic mass is 19.1. The van der Waals surface area contributed by atoms with Gasteiger partial charge in [-0.15, -0.1) is 0 Å². The summed E-state index contributed by atoms with van der Waals surface area (Å²) in [6, 6.07) is 5.69. The molecule has 0 unspecified atom stereocenters. The van der Waals surface area contributed by atoms with Crippen LogP contribution < -0.4 is 0 Å². The molecule has 2 heteroatoms. The Morgan fingerprint density at radius 2 is 1.91 bits per heavy atom. The predicted octanol–water partition coefficient (Wildman–Crippen LogP) is 2.74. The highest BCUT2D eigenvalue weighted by molar-refractivity contribution is 5.57. The van der Waals surface area contributed by atoms with Crippen LogP contribution in [0, 0.1) is 5.82 Å². The third-order valence-corrected chi connectivity index (χ3v) is 1.41. The van der Waals surface area contributed by atoms with Crippen LogP contribution in [0.1, 0.15) is 12.5 Å². The van der Waals surface area contributed by atoms with Crippen molar-refractivity contribution in [3.05, 3.63) is 41.7 Å². The largest absolute Gasteiger partial charge is 0.508 e. The zero-order valence-corrected chi connectivity index (χ0v) is 6.21. The van der Waals surface area contributed by atoms with Crippen LogP contribution >= 0.6 is 0 Å². The second-order valence-corrected chi connectivity index (χ2v) is 2.18. The first-order valence-corrected chi connectivity index (χ1v) is 3.35. The lowest BCUT2D eigenvalue weighted by molar-refractivity contribution is 0.510. The minimum Gasteiger partial charge on any atom is -0.508 e. The number of halogens is 1. The van der Waals surface area contributed by atoms with Gasteiger partial charge in [0, 0.05) is 5.56 Å².